The van der Waals surface area contributed by atoms with Gasteiger partial charge in [-0.15, -0.1) is 0 Å². The number of hydrogen-bond donors (Lipinski definition) is 1. The first-order valence-corrected chi connectivity index (χ1v) is 10.1. The van der Waals surface area contributed by atoms with Gasteiger partial charge in [-0.1, -0.05) is 11.6 Å². The maximum absolute atomic E-state index is 12.5. The van der Waals surface area contributed by atoms with Gasteiger partial charge in [0.2, 0.25) is 0 Å². The van der Waals surface area contributed by atoms with Crippen molar-refractivity contribution in [3.63, 3.8) is 0 Å². The Kier molecular flexibility index (Phi) is 4.72. The van der Waals surface area contributed by atoms with Gasteiger partial charge in [0.05, 0.1) is 28.0 Å². The molecule has 26 heavy (non-hydrogen) atoms. The summed E-state index contributed by atoms with van der Waals surface area (Å²) in [5.74, 6) is -0.455. The Balaban J connectivity index is 1.90. The van der Waals surface area contributed by atoms with E-state index in [4.69, 9.17) is 11.6 Å². The maximum atomic E-state index is 12.5. The van der Waals surface area contributed by atoms with Crippen LogP contribution in [0.5, 0.6) is 0 Å². The van der Waals surface area contributed by atoms with Gasteiger partial charge in [-0.3, -0.25) is 4.79 Å². The Morgan fingerprint density at radius 3 is 2.62 bits per heavy atom. The molecule has 1 N–H and O–H groups in total. The number of rotatable bonds is 4. The first-order chi connectivity index (χ1) is 12.2. The molecule has 1 aromatic carbocycles. The standard InChI is InChI=1S/C17H17ClN4O3S/c1-10(2)22-16-12(8-20-22)6-13(9-19-16)21-17(23)11-4-5-14(18)15(7-11)26(3,24)25/h4-10H,1-3H3,(H,21,23). The van der Waals surface area contributed by atoms with Crippen LogP contribution in [0.15, 0.2) is 41.6 Å². The van der Waals surface area contributed by atoms with E-state index in [-0.39, 0.29) is 21.5 Å². The SMILES string of the molecule is CC(C)n1ncc2cc(NC(=O)c3ccc(Cl)c(S(C)(=O)=O)c3)cnc21. The maximum Gasteiger partial charge on any atom is 0.255 e. The van der Waals surface area contributed by atoms with Gasteiger partial charge in [-0.25, -0.2) is 18.1 Å². The Bertz CT molecular complexity index is 1110. The number of nitrogens with one attached hydrogen (secondary N) is 1. The smallest absolute Gasteiger partial charge is 0.255 e. The second-order valence-electron chi connectivity index (χ2n) is 6.19. The number of benzene rings is 1. The van der Waals surface area contributed by atoms with Crippen LogP contribution in [0.25, 0.3) is 11.0 Å². The highest BCUT2D eigenvalue weighted by Gasteiger charge is 2.16. The molecule has 0 spiro atoms. The van der Waals surface area contributed by atoms with E-state index in [2.05, 4.69) is 15.4 Å². The number of carbonyl (C=O) groups excluding carboxylic acids is 1. The summed E-state index contributed by atoms with van der Waals surface area (Å²) in [6, 6.07) is 6.05. The number of carbonyl (C=O) groups is 1. The lowest BCUT2D eigenvalue weighted by Crippen LogP contribution is -2.13. The normalized spacial score (nSPS) is 11.9. The van der Waals surface area contributed by atoms with Crippen LogP contribution >= 0.6 is 11.6 Å². The highest BCUT2D eigenvalue weighted by atomic mass is 35.5. The lowest BCUT2D eigenvalue weighted by molar-refractivity contribution is 0.102. The van der Waals surface area contributed by atoms with Gasteiger partial charge >= 0.3 is 0 Å². The van der Waals surface area contributed by atoms with Gasteiger partial charge in [-0.2, -0.15) is 5.10 Å². The van der Waals surface area contributed by atoms with Crippen molar-refractivity contribution in [3.8, 4) is 0 Å². The molecule has 0 fully saturated rings. The minimum absolute atomic E-state index is 0.0771. The zero-order valence-electron chi connectivity index (χ0n) is 14.4. The molecule has 2 aromatic heterocycles. The molecule has 0 atom stereocenters. The number of pyridine rings is 1. The zero-order valence-corrected chi connectivity index (χ0v) is 16.0. The molecule has 0 saturated carbocycles. The first kappa shape index (κ1) is 18.3. The van der Waals surface area contributed by atoms with E-state index >= 15 is 0 Å². The predicted molar refractivity (Wildman–Crippen MR) is 100 cm³/mol. The van der Waals surface area contributed by atoms with Crippen molar-refractivity contribution in [3.05, 3.63) is 47.2 Å². The average Bonchev–Trinajstić information content (AvgIpc) is 2.97. The molecule has 136 valence electrons. The van der Waals surface area contributed by atoms with Crippen LogP contribution in [-0.4, -0.2) is 35.3 Å². The summed E-state index contributed by atoms with van der Waals surface area (Å²) in [5, 5.41) is 7.87. The van der Waals surface area contributed by atoms with Crippen LogP contribution in [0.1, 0.15) is 30.2 Å². The molecule has 0 aliphatic carbocycles. The first-order valence-electron chi connectivity index (χ1n) is 7.81. The largest absolute Gasteiger partial charge is 0.321 e. The highest BCUT2D eigenvalue weighted by molar-refractivity contribution is 7.90. The summed E-state index contributed by atoms with van der Waals surface area (Å²) in [5.41, 5.74) is 1.40. The molecule has 9 heteroatoms. The fraction of sp³-hybridized carbons (Fsp3) is 0.235. The molecule has 3 rings (SSSR count). The Morgan fingerprint density at radius 1 is 1.23 bits per heavy atom. The summed E-state index contributed by atoms with van der Waals surface area (Å²) in [7, 11) is -3.53. The number of amides is 1. The van der Waals surface area contributed by atoms with Crippen molar-refractivity contribution in [2.75, 3.05) is 11.6 Å². The van der Waals surface area contributed by atoms with Gasteiger partial charge in [0.15, 0.2) is 15.5 Å². The number of nitrogens with zero attached hydrogens (tertiary/aromatic N) is 3. The third kappa shape index (κ3) is 3.56. The summed E-state index contributed by atoms with van der Waals surface area (Å²) in [6.45, 7) is 4.01. The number of aromatic nitrogens is 3. The third-order valence-corrected chi connectivity index (χ3v) is 5.35. The van der Waals surface area contributed by atoms with E-state index in [1.54, 1.807) is 16.9 Å². The number of hydrogen-bond acceptors (Lipinski definition) is 5. The fourth-order valence-electron chi connectivity index (χ4n) is 2.52. The third-order valence-electron chi connectivity index (χ3n) is 3.77. The Hall–Kier alpha value is -2.45. The summed E-state index contributed by atoms with van der Waals surface area (Å²) < 4.78 is 25.3. The van der Waals surface area contributed by atoms with Crippen LogP contribution in [0.2, 0.25) is 5.02 Å². The lowest BCUT2D eigenvalue weighted by atomic mass is 10.2. The minimum Gasteiger partial charge on any atom is -0.321 e. The summed E-state index contributed by atoms with van der Waals surface area (Å²) >= 11 is 5.91. The van der Waals surface area contributed by atoms with Gasteiger partial charge in [0, 0.05) is 23.2 Å². The van der Waals surface area contributed by atoms with Crippen molar-refractivity contribution in [1.29, 1.82) is 0 Å². The van der Waals surface area contributed by atoms with E-state index in [0.29, 0.717) is 5.69 Å². The molecular formula is C17H17ClN4O3S. The number of anilines is 1. The van der Waals surface area contributed by atoms with Crippen molar-refractivity contribution >= 4 is 44.1 Å². The molecule has 7 nitrogen and oxygen atoms in total. The second kappa shape index (κ2) is 6.69. The summed E-state index contributed by atoms with van der Waals surface area (Å²) in [4.78, 5) is 16.7. The Labute approximate surface area is 155 Å². The van der Waals surface area contributed by atoms with Gasteiger partial charge in [0.1, 0.15) is 0 Å². The van der Waals surface area contributed by atoms with E-state index in [1.165, 1.54) is 24.4 Å². The molecule has 3 aromatic rings. The highest BCUT2D eigenvalue weighted by Crippen LogP contribution is 2.24. The summed E-state index contributed by atoms with van der Waals surface area (Å²) in [6.07, 6.45) is 4.26. The average molecular weight is 393 g/mol. The topological polar surface area (TPSA) is 94.0 Å². The van der Waals surface area contributed by atoms with E-state index in [9.17, 15) is 13.2 Å². The number of sulfone groups is 1. The fourth-order valence-corrected chi connectivity index (χ4v) is 3.82. The van der Waals surface area contributed by atoms with Crippen LogP contribution in [0, 0.1) is 0 Å². The number of fused-ring (bicyclic) bond motifs is 1. The molecule has 0 saturated heterocycles. The molecular weight excluding hydrogens is 376 g/mol. The molecule has 0 aliphatic heterocycles. The van der Waals surface area contributed by atoms with E-state index < -0.39 is 15.7 Å². The van der Waals surface area contributed by atoms with Crippen LogP contribution in [0.4, 0.5) is 5.69 Å². The molecule has 2 heterocycles. The zero-order chi connectivity index (χ0) is 19.1. The van der Waals surface area contributed by atoms with E-state index in [1.807, 2.05) is 13.8 Å². The van der Waals surface area contributed by atoms with Gasteiger partial charge in [0.25, 0.3) is 5.91 Å². The Morgan fingerprint density at radius 2 is 1.96 bits per heavy atom. The van der Waals surface area contributed by atoms with Crippen molar-refractivity contribution in [1.82, 2.24) is 14.8 Å². The lowest BCUT2D eigenvalue weighted by Gasteiger charge is -2.09. The number of halogens is 1. The molecule has 0 bridgehead atoms. The van der Waals surface area contributed by atoms with Crippen LogP contribution < -0.4 is 5.32 Å². The predicted octanol–water partition coefficient (Wildman–Crippen LogP) is 3.32. The quantitative estimate of drug-likeness (QED) is 0.735. The second-order valence-corrected chi connectivity index (χ2v) is 8.58. The molecule has 1 amide bonds. The minimum atomic E-state index is -3.53. The molecule has 0 radical (unpaired) electrons. The van der Waals surface area contributed by atoms with Crippen LogP contribution in [0.3, 0.4) is 0 Å². The van der Waals surface area contributed by atoms with Gasteiger partial charge < -0.3 is 5.32 Å². The van der Waals surface area contributed by atoms with Crippen molar-refractivity contribution < 1.29 is 13.2 Å². The van der Waals surface area contributed by atoms with Crippen LogP contribution in [-0.2, 0) is 9.84 Å². The molecule has 0 aliphatic rings. The molecule has 0 unspecified atom stereocenters. The van der Waals surface area contributed by atoms with Crippen molar-refractivity contribution in [2.24, 2.45) is 0 Å². The van der Waals surface area contributed by atoms with E-state index in [0.717, 1.165) is 17.3 Å². The van der Waals surface area contributed by atoms with Crippen molar-refractivity contribution in [2.45, 2.75) is 24.8 Å². The monoisotopic (exact) mass is 392 g/mol. The van der Waals surface area contributed by atoms with Gasteiger partial charge in [-0.05, 0) is 38.1 Å².